The number of carbonyl (C=O) groups excluding carboxylic acids is 1. The van der Waals surface area contributed by atoms with Crippen molar-refractivity contribution in [3.63, 3.8) is 0 Å². The number of hydrogen-bond acceptors (Lipinski definition) is 4. The minimum Gasteiger partial charge on any atom is -0.356 e. The lowest BCUT2D eigenvalue weighted by atomic mass is 9.87. The Labute approximate surface area is 163 Å². The van der Waals surface area contributed by atoms with Crippen LogP contribution in [0.15, 0.2) is 29.2 Å². The molecular weight excluding hydrogens is 362 g/mol. The van der Waals surface area contributed by atoms with Crippen LogP contribution in [0.2, 0.25) is 0 Å². The Morgan fingerprint density at radius 1 is 1.22 bits per heavy atom. The quantitative estimate of drug-likeness (QED) is 0.773. The van der Waals surface area contributed by atoms with Gasteiger partial charge in [-0.2, -0.15) is 4.31 Å². The largest absolute Gasteiger partial charge is 0.356 e. The summed E-state index contributed by atoms with van der Waals surface area (Å²) in [6, 6.07) is 7.18. The monoisotopic (exact) mass is 395 g/mol. The first-order valence-electron chi connectivity index (χ1n) is 9.66. The highest BCUT2D eigenvalue weighted by molar-refractivity contribution is 7.89. The van der Waals surface area contributed by atoms with Gasteiger partial charge >= 0.3 is 0 Å². The molecule has 1 unspecified atom stereocenters. The smallest absolute Gasteiger partial charge is 0.243 e. The highest BCUT2D eigenvalue weighted by atomic mass is 32.2. The minimum atomic E-state index is -3.52. The van der Waals surface area contributed by atoms with Crippen LogP contribution in [0.25, 0.3) is 0 Å². The Hall–Kier alpha value is -1.44. The van der Waals surface area contributed by atoms with Crippen molar-refractivity contribution >= 4 is 15.9 Å². The van der Waals surface area contributed by atoms with Crippen LogP contribution in [-0.4, -0.2) is 44.3 Å². The standard InChI is InChI=1S/C20H33N3O3S/c1-15(21)9-12-22-19(24)16-10-13-23(14-11-16)27(25,26)18-7-5-17(6-8-18)20(2,3)4/h5-8,15-16H,9-14,21H2,1-4H3,(H,22,24). The van der Waals surface area contributed by atoms with Crippen molar-refractivity contribution in [3.8, 4) is 0 Å². The van der Waals surface area contributed by atoms with E-state index in [0.717, 1.165) is 12.0 Å². The van der Waals surface area contributed by atoms with E-state index >= 15 is 0 Å². The number of nitrogens with one attached hydrogen (secondary N) is 1. The van der Waals surface area contributed by atoms with E-state index in [1.54, 1.807) is 12.1 Å². The van der Waals surface area contributed by atoms with Gasteiger partial charge in [-0.25, -0.2) is 8.42 Å². The van der Waals surface area contributed by atoms with Crippen LogP contribution in [0.5, 0.6) is 0 Å². The van der Waals surface area contributed by atoms with Crippen molar-refractivity contribution in [3.05, 3.63) is 29.8 Å². The summed E-state index contributed by atoms with van der Waals surface area (Å²) in [5.74, 6) is -0.130. The molecule has 1 heterocycles. The van der Waals surface area contributed by atoms with Gasteiger partial charge in [0.15, 0.2) is 0 Å². The van der Waals surface area contributed by atoms with Crippen molar-refractivity contribution in [1.29, 1.82) is 0 Å². The summed E-state index contributed by atoms with van der Waals surface area (Å²) in [7, 11) is -3.52. The minimum absolute atomic E-state index is 0.00206. The normalized spacial score (nSPS) is 18.3. The van der Waals surface area contributed by atoms with Crippen LogP contribution in [-0.2, 0) is 20.2 Å². The van der Waals surface area contributed by atoms with E-state index in [1.807, 2.05) is 19.1 Å². The van der Waals surface area contributed by atoms with Crippen molar-refractivity contribution in [2.24, 2.45) is 11.7 Å². The molecule has 1 amide bonds. The zero-order valence-corrected chi connectivity index (χ0v) is 17.7. The second kappa shape index (κ2) is 8.71. The van der Waals surface area contributed by atoms with Crippen LogP contribution in [0.3, 0.4) is 0 Å². The Bertz CT molecular complexity index is 729. The third kappa shape index (κ3) is 5.77. The number of nitrogens with zero attached hydrogens (tertiary/aromatic N) is 1. The third-order valence-corrected chi connectivity index (χ3v) is 6.99. The van der Waals surface area contributed by atoms with Crippen LogP contribution in [0.4, 0.5) is 0 Å². The number of carbonyl (C=O) groups is 1. The van der Waals surface area contributed by atoms with Gasteiger partial charge in [0, 0.05) is 31.6 Å². The summed E-state index contributed by atoms with van der Waals surface area (Å²) in [4.78, 5) is 12.5. The van der Waals surface area contributed by atoms with E-state index in [2.05, 4.69) is 26.1 Å². The molecule has 0 aliphatic carbocycles. The first-order chi connectivity index (χ1) is 12.5. The van der Waals surface area contributed by atoms with E-state index in [9.17, 15) is 13.2 Å². The van der Waals surface area contributed by atoms with Crippen molar-refractivity contribution in [2.75, 3.05) is 19.6 Å². The molecule has 0 spiro atoms. The summed E-state index contributed by atoms with van der Waals surface area (Å²) in [6.45, 7) is 9.50. The molecule has 0 saturated carbocycles. The summed E-state index contributed by atoms with van der Waals surface area (Å²) in [5, 5.41) is 2.90. The molecular formula is C20H33N3O3S. The maximum absolute atomic E-state index is 12.9. The van der Waals surface area contributed by atoms with E-state index < -0.39 is 10.0 Å². The molecule has 1 aliphatic heterocycles. The molecule has 0 radical (unpaired) electrons. The number of rotatable bonds is 6. The van der Waals surface area contributed by atoms with Crippen LogP contribution >= 0.6 is 0 Å². The second-order valence-corrected chi connectivity index (χ2v) is 10.4. The maximum Gasteiger partial charge on any atom is 0.243 e. The van der Waals surface area contributed by atoms with Crippen molar-refractivity contribution in [2.45, 2.75) is 63.3 Å². The van der Waals surface area contributed by atoms with Gasteiger partial charge in [-0.1, -0.05) is 32.9 Å². The summed E-state index contributed by atoms with van der Waals surface area (Å²) < 4.78 is 27.3. The van der Waals surface area contributed by atoms with Crippen molar-refractivity contribution in [1.82, 2.24) is 9.62 Å². The molecule has 152 valence electrons. The highest BCUT2D eigenvalue weighted by Crippen LogP contribution is 2.27. The lowest BCUT2D eigenvalue weighted by Gasteiger charge is -2.30. The fourth-order valence-corrected chi connectivity index (χ4v) is 4.67. The molecule has 1 fully saturated rings. The first kappa shape index (κ1) is 21.9. The molecule has 0 aromatic heterocycles. The Morgan fingerprint density at radius 3 is 2.26 bits per heavy atom. The zero-order chi connectivity index (χ0) is 20.2. The number of sulfonamides is 1. The lowest BCUT2D eigenvalue weighted by molar-refractivity contribution is -0.126. The molecule has 7 heteroatoms. The fourth-order valence-electron chi connectivity index (χ4n) is 3.20. The summed E-state index contributed by atoms with van der Waals surface area (Å²) >= 11 is 0. The Kier molecular flexibility index (Phi) is 7.05. The molecule has 2 rings (SSSR count). The van der Waals surface area contributed by atoms with Crippen LogP contribution in [0, 0.1) is 5.92 Å². The van der Waals surface area contributed by atoms with Gasteiger partial charge in [-0.05, 0) is 49.3 Å². The van der Waals surface area contributed by atoms with Gasteiger partial charge < -0.3 is 11.1 Å². The average molecular weight is 396 g/mol. The van der Waals surface area contributed by atoms with Gasteiger partial charge in [0.1, 0.15) is 0 Å². The molecule has 1 aromatic rings. The topological polar surface area (TPSA) is 92.5 Å². The average Bonchev–Trinajstić information content (AvgIpc) is 2.61. The van der Waals surface area contributed by atoms with Gasteiger partial charge in [-0.15, -0.1) is 0 Å². The number of amides is 1. The molecule has 1 aliphatic rings. The van der Waals surface area contributed by atoms with E-state index in [1.165, 1.54) is 4.31 Å². The second-order valence-electron chi connectivity index (χ2n) is 8.51. The molecule has 27 heavy (non-hydrogen) atoms. The van der Waals surface area contributed by atoms with Gasteiger partial charge in [0.25, 0.3) is 0 Å². The number of piperidine rings is 1. The van der Waals surface area contributed by atoms with Crippen LogP contribution < -0.4 is 11.1 Å². The van der Waals surface area contributed by atoms with E-state index in [0.29, 0.717) is 37.4 Å². The predicted molar refractivity (Wildman–Crippen MR) is 108 cm³/mol. The van der Waals surface area contributed by atoms with Gasteiger partial charge in [0.2, 0.25) is 15.9 Å². The molecule has 1 atom stereocenters. The molecule has 6 nitrogen and oxygen atoms in total. The van der Waals surface area contributed by atoms with Crippen LogP contribution in [0.1, 0.15) is 52.5 Å². The molecule has 0 bridgehead atoms. The Balaban J connectivity index is 1.95. The number of benzene rings is 1. The predicted octanol–water partition coefficient (Wildman–Crippen LogP) is 2.24. The fraction of sp³-hybridized carbons (Fsp3) is 0.650. The SMILES string of the molecule is CC(N)CCNC(=O)C1CCN(S(=O)(=O)c2ccc(C(C)(C)C)cc2)CC1. The van der Waals surface area contributed by atoms with E-state index in [4.69, 9.17) is 5.73 Å². The highest BCUT2D eigenvalue weighted by Gasteiger charge is 2.32. The summed E-state index contributed by atoms with van der Waals surface area (Å²) in [6.07, 6.45) is 1.83. The molecule has 1 aromatic carbocycles. The maximum atomic E-state index is 12.9. The number of hydrogen-bond donors (Lipinski definition) is 2. The third-order valence-electron chi connectivity index (χ3n) is 5.08. The van der Waals surface area contributed by atoms with Gasteiger partial charge in [-0.3, -0.25) is 4.79 Å². The number of nitrogens with two attached hydrogens (primary N) is 1. The molecule has 1 saturated heterocycles. The zero-order valence-electron chi connectivity index (χ0n) is 16.9. The van der Waals surface area contributed by atoms with E-state index in [-0.39, 0.29) is 23.3 Å². The lowest BCUT2D eigenvalue weighted by Crippen LogP contribution is -2.43. The van der Waals surface area contributed by atoms with Crippen molar-refractivity contribution < 1.29 is 13.2 Å². The Morgan fingerprint density at radius 2 is 1.78 bits per heavy atom. The first-order valence-corrected chi connectivity index (χ1v) is 11.1. The summed E-state index contributed by atoms with van der Waals surface area (Å²) in [5.41, 5.74) is 6.77. The van der Waals surface area contributed by atoms with Gasteiger partial charge in [0.05, 0.1) is 4.90 Å². The molecule has 3 N–H and O–H groups in total.